The van der Waals surface area contributed by atoms with Crippen molar-refractivity contribution in [2.75, 3.05) is 10.6 Å². The van der Waals surface area contributed by atoms with E-state index in [4.69, 9.17) is 0 Å². The van der Waals surface area contributed by atoms with Crippen LogP contribution in [0.15, 0.2) is 42.5 Å². The van der Waals surface area contributed by atoms with Crippen molar-refractivity contribution in [3.63, 3.8) is 0 Å². The van der Waals surface area contributed by atoms with Crippen LogP contribution in [0.2, 0.25) is 0 Å². The summed E-state index contributed by atoms with van der Waals surface area (Å²) in [7, 11) is 0. The van der Waals surface area contributed by atoms with Crippen molar-refractivity contribution in [2.24, 2.45) is 11.8 Å². The normalized spacial score (nSPS) is 18.8. The molecule has 0 aliphatic heterocycles. The molecule has 0 saturated heterocycles. The number of hydrogen-bond acceptors (Lipinski definition) is 2. The van der Waals surface area contributed by atoms with E-state index in [1.165, 1.54) is 0 Å². The standard InChI is InChI=1S/C20H22N2O2/c1-12-8-6-10-18(14(12)3)22-20(24)16-11-15(16)19(23)21-17-9-5-4-7-13(17)2/h4-10,15-16H,11H2,1-3H3,(H,21,23)(H,22,24). The molecular formula is C20H22N2O2. The van der Waals surface area contributed by atoms with Gasteiger partial charge in [0.1, 0.15) is 0 Å². The molecule has 2 N–H and O–H groups in total. The Labute approximate surface area is 142 Å². The van der Waals surface area contributed by atoms with Crippen LogP contribution < -0.4 is 10.6 Å². The number of nitrogens with one attached hydrogen (secondary N) is 2. The van der Waals surface area contributed by atoms with Crippen molar-refractivity contribution in [1.82, 2.24) is 0 Å². The third kappa shape index (κ3) is 3.32. The van der Waals surface area contributed by atoms with Crippen LogP contribution in [0.3, 0.4) is 0 Å². The quantitative estimate of drug-likeness (QED) is 0.899. The lowest BCUT2D eigenvalue weighted by Gasteiger charge is -2.10. The molecule has 124 valence electrons. The van der Waals surface area contributed by atoms with Gasteiger partial charge in [-0.1, -0.05) is 30.3 Å². The Morgan fingerprint density at radius 1 is 0.792 bits per heavy atom. The Morgan fingerprint density at radius 2 is 1.33 bits per heavy atom. The molecule has 1 saturated carbocycles. The zero-order valence-corrected chi connectivity index (χ0v) is 14.2. The molecule has 0 bridgehead atoms. The average Bonchev–Trinajstić information content (AvgIpc) is 3.35. The zero-order valence-electron chi connectivity index (χ0n) is 14.2. The lowest BCUT2D eigenvalue weighted by molar-refractivity contribution is -0.122. The van der Waals surface area contributed by atoms with Crippen LogP contribution in [-0.4, -0.2) is 11.8 Å². The van der Waals surface area contributed by atoms with Gasteiger partial charge in [-0.2, -0.15) is 0 Å². The second kappa shape index (κ2) is 6.48. The van der Waals surface area contributed by atoms with Gasteiger partial charge in [-0.3, -0.25) is 9.59 Å². The molecule has 1 aliphatic carbocycles. The summed E-state index contributed by atoms with van der Waals surface area (Å²) in [6.45, 7) is 5.95. The van der Waals surface area contributed by atoms with E-state index >= 15 is 0 Å². The van der Waals surface area contributed by atoms with E-state index in [0.717, 1.165) is 28.1 Å². The largest absolute Gasteiger partial charge is 0.326 e. The molecule has 1 aliphatic rings. The Balaban J connectivity index is 1.60. The number of para-hydroxylation sites is 1. The van der Waals surface area contributed by atoms with Gasteiger partial charge in [0.05, 0.1) is 11.8 Å². The third-order valence-electron chi connectivity index (χ3n) is 4.73. The first-order chi connectivity index (χ1) is 11.5. The van der Waals surface area contributed by atoms with Crippen LogP contribution >= 0.6 is 0 Å². The van der Waals surface area contributed by atoms with E-state index in [1.807, 2.05) is 63.2 Å². The van der Waals surface area contributed by atoms with E-state index in [2.05, 4.69) is 10.6 Å². The van der Waals surface area contributed by atoms with Gasteiger partial charge in [0.2, 0.25) is 11.8 Å². The summed E-state index contributed by atoms with van der Waals surface area (Å²) in [5.41, 5.74) is 4.85. The predicted octanol–water partition coefficient (Wildman–Crippen LogP) is 3.83. The first-order valence-electron chi connectivity index (χ1n) is 8.21. The number of carbonyl (C=O) groups excluding carboxylic acids is 2. The van der Waals surface area contributed by atoms with Crippen LogP contribution in [0.4, 0.5) is 11.4 Å². The Kier molecular flexibility index (Phi) is 4.38. The minimum atomic E-state index is -0.242. The van der Waals surface area contributed by atoms with E-state index in [-0.39, 0.29) is 23.7 Å². The van der Waals surface area contributed by atoms with Crippen molar-refractivity contribution in [3.05, 3.63) is 59.2 Å². The zero-order chi connectivity index (χ0) is 17.3. The van der Waals surface area contributed by atoms with E-state index in [9.17, 15) is 9.59 Å². The van der Waals surface area contributed by atoms with Crippen LogP contribution in [0.5, 0.6) is 0 Å². The van der Waals surface area contributed by atoms with Crippen molar-refractivity contribution in [1.29, 1.82) is 0 Å². The van der Waals surface area contributed by atoms with E-state index < -0.39 is 0 Å². The van der Waals surface area contributed by atoms with Gasteiger partial charge < -0.3 is 10.6 Å². The monoisotopic (exact) mass is 322 g/mol. The van der Waals surface area contributed by atoms with Gasteiger partial charge in [0.15, 0.2) is 0 Å². The molecule has 0 radical (unpaired) electrons. The number of amides is 2. The first-order valence-corrected chi connectivity index (χ1v) is 8.21. The molecule has 1 fully saturated rings. The molecule has 2 aromatic rings. The molecule has 24 heavy (non-hydrogen) atoms. The summed E-state index contributed by atoms with van der Waals surface area (Å²) in [4.78, 5) is 24.7. The highest BCUT2D eigenvalue weighted by Gasteiger charge is 2.48. The van der Waals surface area contributed by atoms with Crippen LogP contribution in [0.1, 0.15) is 23.1 Å². The van der Waals surface area contributed by atoms with Gasteiger partial charge in [-0.15, -0.1) is 0 Å². The number of benzene rings is 2. The Bertz CT molecular complexity index is 798. The van der Waals surface area contributed by atoms with Crippen molar-refractivity contribution in [2.45, 2.75) is 27.2 Å². The number of carbonyl (C=O) groups is 2. The van der Waals surface area contributed by atoms with E-state index in [0.29, 0.717) is 6.42 Å². The van der Waals surface area contributed by atoms with Crippen molar-refractivity contribution >= 4 is 23.2 Å². The Morgan fingerprint density at radius 3 is 2.00 bits per heavy atom. The maximum atomic E-state index is 12.4. The van der Waals surface area contributed by atoms with E-state index in [1.54, 1.807) is 0 Å². The number of hydrogen-bond donors (Lipinski definition) is 2. The summed E-state index contributed by atoms with van der Waals surface area (Å²) in [5, 5.41) is 5.88. The van der Waals surface area contributed by atoms with Gasteiger partial charge in [-0.25, -0.2) is 0 Å². The molecule has 0 aromatic heterocycles. The smallest absolute Gasteiger partial charge is 0.228 e. The highest BCUT2D eigenvalue weighted by atomic mass is 16.2. The van der Waals surface area contributed by atoms with Crippen molar-refractivity contribution < 1.29 is 9.59 Å². The highest BCUT2D eigenvalue weighted by molar-refractivity contribution is 6.03. The second-order valence-electron chi connectivity index (χ2n) is 6.49. The van der Waals surface area contributed by atoms with Crippen LogP contribution in [0.25, 0.3) is 0 Å². The van der Waals surface area contributed by atoms with Gasteiger partial charge in [-0.05, 0) is 56.0 Å². The summed E-state index contributed by atoms with van der Waals surface area (Å²) in [6, 6.07) is 13.5. The predicted molar refractivity (Wildman–Crippen MR) is 96.0 cm³/mol. The maximum Gasteiger partial charge on any atom is 0.228 e. The van der Waals surface area contributed by atoms with Gasteiger partial charge in [0.25, 0.3) is 0 Å². The maximum absolute atomic E-state index is 12.4. The summed E-state index contributed by atoms with van der Waals surface area (Å²) < 4.78 is 0. The molecule has 2 amide bonds. The average molecular weight is 322 g/mol. The SMILES string of the molecule is Cc1ccccc1NC(=O)C1CC1C(=O)Nc1cccc(C)c1C. The van der Waals surface area contributed by atoms with Gasteiger partial charge in [0, 0.05) is 11.4 Å². The fraction of sp³-hybridized carbons (Fsp3) is 0.300. The molecule has 2 unspecified atom stereocenters. The van der Waals surface area contributed by atoms with Crippen LogP contribution in [-0.2, 0) is 9.59 Å². The van der Waals surface area contributed by atoms with Crippen LogP contribution in [0, 0.1) is 32.6 Å². The molecule has 2 aromatic carbocycles. The fourth-order valence-corrected chi connectivity index (χ4v) is 2.83. The summed E-state index contributed by atoms with van der Waals surface area (Å²) >= 11 is 0. The minimum absolute atomic E-state index is 0.0753. The lowest BCUT2D eigenvalue weighted by Crippen LogP contribution is -2.21. The minimum Gasteiger partial charge on any atom is -0.326 e. The van der Waals surface area contributed by atoms with Crippen molar-refractivity contribution in [3.8, 4) is 0 Å². The Hall–Kier alpha value is -2.62. The number of rotatable bonds is 4. The molecule has 0 heterocycles. The molecule has 0 spiro atoms. The first kappa shape index (κ1) is 16.2. The number of anilines is 2. The lowest BCUT2D eigenvalue weighted by atomic mass is 10.1. The highest BCUT2D eigenvalue weighted by Crippen LogP contribution is 2.40. The second-order valence-corrected chi connectivity index (χ2v) is 6.49. The number of aryl methyl sites for hydroxylation is 2. The van der Waals surface area contributed by atoms with Gasteiger partial charge >= 0.3 is 0 Å². The molecular weight excluding hydrogens is 300 g/mol. The summed E-state index contributed by atoms with van der Waals surface area (Å²) in [6.07, 6.45) is 0.606. The molecule has 2 atom stereocenters. The topological polar surface area (TPSA) is 58.2 Å². The molecule has 4 nitrogen and oxygen atoms in total. The molecule has 3 rings (SSSR count). The molecule has 4 heteroatoms. The third-order valence-corrected chi connectivity index (χ3v) is 4.73. The summed E-state index contributed by atoms with van der Waals surface area (Å²) in [5.74, 6) is -0.636. The fourth-order valence-electron chi connectivity index (χ4n) is 2.83.